The van der Waals surface area contributed by atoms with Gasteiger partial charge in [0.2, 0.25) is 5.91 Å². The molecule has 0 aromatic carbocycles. The molecule has 2 rings (SSSR count). The molecule has 0 saturated carbocycles. The quantitative estimate of drug-likeness (QED) is 0.426. The van der Waals surface area contributed by atoms with Gasteiger partial charge in [-0.15, -0.1) is 24.0 Å². The lowest BCUT2D eigenvalue weighted by Crippen LogP contribution is -2.57. The number of rotatable bonds is 6. The van der Waals surface area contributed by atoms with E-state index in [0.717, 1.165) is 19.3 Å². The second-order valence-corrected chi connectivity index (χ2v) is 6.42. The third kappa shape index (κ3) is 6.39. The zero-order valence-corrected chi connectivity index (χ0v) is 15.9. The highest BCUT2D eigenvalue weighted by atomic mass is 127. The fraction of sp³-hybridized carbons (Fsp3) is 0.750. The van der Waals surface area contributed by atoms with E-state index in [-0.39, 0.29) is 43.0 Å². The Hall–Kier alpha value is -0.670. The van der Waals surface area contributed by atoms with E-state index in [2.05, 4.69) is 11.4 Å². The molecule has 1 atom stereocenters. The smallest absolute Gasteiger partial charge is 0.250 e. The highest BCUT2D eigenvalue weighted by molar-refractivity contribution is 14.0. The largest absolute Gasteiger partial charge is 0.379 e. The van der Waals surface area contributed by atoms with E-state index in [9.17, 15) is 14.7 Å². The molecule has 1 saturated heterocycles. The molecule has 0 radical (unpaired) electrons. The summed E-state index contributed by atoms with van der Waals surface area (Å²) in [5, 5.41) is 13.0. The molecule has 2 amide bonds. The van der Waals surface area contributed by atoms with Gasteiger partial charge in [0.15, 0.2) is 5.60 Å². The number of allylic oxidation sites excluding steroid dienone is 1. The molecule has 0 bridgehead atoms. The number of nitrogens with one attached hydrogen (secondary N) is 1. The van der Waals surface area contributed by atoms with E-state index < -0.39 is 11.5 Å². The Labute approximate surface area is 154 Å². The van der Waals surface area contributed by atoms with Crippen molar-refractivity contribution in [3.63, 3.8) is 0 Å². The maximum Gasteiger partial charge on any atom is 0.250 e. The van der Waals surface area contributed by atoms with Crippen molar-refractivity contribution in [3.8, 4) is 0 Å². The number of carbonyl (C=O) groups excluding carboxylic acids is 2. The van der Waals surface area contributed by atoms with Gasteiger partial charge in [-0.05, 0) is 51.5 Å². The summed E-state index contributed by atoms with van der Waals surface area (Å²) in [5.41, 5.74) is 5.18. The minimum absolute atomic E-state index is 0. The summed E-state index contributed by atoms with van der Waals surface area (Å²) in [6.45, 7) is 1.70. The number of hydrogen-bond acceptors (Lipinski definition) is 4. The third-order valence-corrected chi connectivity index (χ3v) is 4.53. The fourth-order valence-corrected chi connectivity index (χ4v) is 3.21. The normalized spacial score (nSPS) is 25.2. The van der Waals surface area contributed by atoms with E-state index in [1.807, 2.05) is 0 Å². The maximum atomic E-state index is 12.0. The van der Waals surface area contributed by atoms with Gasteiger partial charge in [-0.1, -0.05) is 11.6 Å². The van der Waals surface area contributed by atoms with E-state index in [1.165, 1.54) is 18.4 Å². The molecule has 7 heteroatoms. The molecule has 1 aliphatic carbocycles. The number of likely N-dealkylation sites (tertiary alicyclic amines) is 1. The number of piperidine rings is 1. The van der Waals surface area contributed by atoms with Crippen molar-refractivity contribution in [3.05, 3.63) is 11.6 Å². The molecule has 1 aliphatic heterocycles. The van der Waals surface area contributed by atoms with Gasteiger partial charge in [0.1, 0.15) is 0 Å². The number of hydrogen-bond donors (Lipinski definition) is 3. The van der Waals surface area contributed by atoms with E-state index in [4.69, 9.17) is 5.73 Å². The molecule has 1 unspecified atom stereocenters. The number of aliphatic hydroxyl groups is 1. The SMILES string of the molecule is I.NC(=O)C1(O)CCCN(CC(=O)NCCC2=CCCCC2)C1. The Morgan fingerprint density at radius 2 is 2.13 bits per heavy atom. The minimum atomic E-state index is -1.49. The van der Waals surface area contributed by atoms with Gasteiger partial charge in [0.05, 0.1) is 6.54 Å². The first-order chi connectivity index (χ1) is 10.5. The van der Waals surface area contributed by atoms with Crippen LogP contribution < -0.4 is 11.1 Å². The summed E-state index contributed by atoms with van der Waals surface area (Å²) in [4.78, 5) is 25.1. The molecule has 1 fully saturated rings. The van der Waals surface area contributed by atoms with Gasteiger partial charge in [-0.25, -0.2) is 0 Å². The number of halogens is 1. The van der Waals surface area contributed by atoms with Crippen LogP contribution in [0.3, 0.4) is 0 Å². The molecule has 4 N–H and O–H groups in total. The van der Waals surface area contributed by atoms with Crippen LogP contribution in [-0.2, 0) is 9.59 Å². The van der Waals surface area contributed by atoms with Crippen LogP contribution in [0.15, 0.2) is 11.6 Å². The summed E-state index contributed by atoms with van der Waals surface area (Å²) < 4.78 is 0. The average molecular weight is 437 g/mol. The highest BCUT2D eigenvalue weighted by Crippen LogP contribution is 2.21. The van der Waals surface area contributed by atoms with Crippen LogP contribution in [0.4, 0.5) is 0 Å². The Bertz CT molecular complexity index is 456. The van der Waals surface area contributed by atoms with E-state index in [0.29, 0.717) is 25.9 Å². The lowest BCUT2D eigenvalue weighted by atomic mass is 9.92. The van der Waals surface area contributed by atoms with Gasteiger partial charge in [-0.3, -0.25) is 14.5 Å². The zero-order chi connectivity index (χ0) is 16.0. The molecule has 2 aliphatic rings. The summed E-state index contributed by atoms with van der Waals surface area (Å²) >= 11 is 0. The number of amides is 2. The van der Waals surface area contributed by atoms with Gasteiger partial charge in [0.25, 0.3) is 5.91 Å². The second kappa shape index (κ2) is 9.58. The Morgan fingerprint density at radius 3 is 2.78 bits per heavy atom. The van der Waals surface area contributed by atoms with Crippen LogP contribution in [0.5, 0.6) is 0 Å². The minimum Gasteiger partial charge on any atom is -0.379 e. The van der Waals surface area contributed by atoms with Crippen molar-refractivity contribution >= 4 is 35.8 Å². The molecule has 0 aromatic rings. The molecular weight excluding hydrogens is 409 g/mol. The third-order valence-electron chi connectivity index (χ3n) is 4.53. The van der Waals surface area contributed by atoms with Crippen molar-refractivity contribution in [1.29, 1.82) is 0 Å². The van der Waals surface area contributed by atoms with Gasteiger partial charge in [0, 0.05) is 13.1 Å². The molecule has 1 heterocycles. The second-order valence-electron chi connectivity index (χ2n) is 6.42. The predicted molar refractivity (Wildman–Crippen MR) is 99.4 cm³/mol. The molecular formula is C16H28IN3O3. The number of carbonyl (C=O) groups is 2. The van der Waals surface area contributed by atoms with Gasteiger partial charge >= 0.3 is 0 Å². The molecule has 0 spiro atoms. The lowest BCUT2D eigenvalue weighted by molar-refractivity contribution is -0.143. The topological polar surface area (TPSA) is 95.7 Å². The van der Waals surface area contributed by atoms with Crippen molar-refractivity contribution in [2.75, 3.05) is 26.2 Å². The fourth-order valence-electron chi connectivity index (χ4n) is 3.21. The predicted octanol–water partition coefficient (Wildman–Crippen LogP) is 0.923. The summed E-state index contributed by atoms with van der Waals surface area (Å²) in [5.74, 6) is -0.771. The van der Waals surface area contributed by atoms with Crippen molar-refractivity contribution < 1.29 is 14.7 Å². The van der Waals surface area contributed by atoms with E-state index >= 15 is 0 Å². The van der Waals surface area contributed by atoms with Crippen molar-refractivity contribution in [2.45, 2.75) is 50.5 Å². The molecule has 132 valence electrons. The Kier molecular flexibility index (Phi) is 8.49. The number of β-amino-alcohol motifs (C(OH)–C–C–N with tert-alkyl or cyclic N) is 1. The monoisotopic (exact) mass is 437 g/mol. The summed E-state index contributed by atoms with van der Waals surface area (Å²) in [6, 6.07) is 0. The maximum absolute atomic E-state index is 12.0. The Balaban J connectivity index is 0.00000264. The van der Waals surface area contributed by atoms with Crippen LogP contribution >= 0.6 is 24.0 Å². The molecule has 6 nitrogen and oxygen atoms in total. The first kappa shape index (κ1) is 20.4. The number of nitrogens with zero attached hydrogens (tertiary/aromatic N) is 1. The van der Waals surface area contributed by atoms with Crippen LogP contribution in [0.25, 0.3) is 0 Å². The van der Waals surface area contributed by atoms with Crippen LogP contribution in [-0.4, -0.2) is 53.6 Å². The average Bonchev–Trinajstić information content (AvgIpc) is 2.48. The van der Waals surface area contributed by atoms with Gasteiger partial charge < -0.3 is 16.2 Å². The van der Waals surface area contributed by atoms with Crippen LogP contribution in [0, 0.1) is 0 Å². The van der Waals surface area contributed by atoms with Gasteiger partial charge in [-0.2, -0.15) is 0 Å². The first-order valence-electron chi connectivity index (χ1n) is 8.19. The van der Waals surface area contributed by atoms with Crippen molar-refractivity contribution in [2.24, 2.45) is 5.73 Å². The summed E-state index contributed by atoms with van der Waals surface area (Å²) in [7, 11) is 0. The van der Waals surface area contributed by atoms with Crippen molar-refractivity contribution in [1.82, 2.24) is 10.2 Å². The first-order valence-corrected chi connectivity index (χ1v) is 8.19. The van der Waals surface area contributed by atoms with Crippen LogP contribution in [0.2, 0.25) is 0 Å². The van der Waals surface area contributed by atoms with Crippen LogP contribution in [0.1, 0.15) is 44.9 Å². The highest BCUT2D eigenvalue weighted by Gasteiger charge is 2.38. The van der Waals surface area contributed by atoms with E-state index in [1.54, 1.807) is 4.90 Å². The standard InChI is InChI=1S/C16H27N3O3.HI/c17-15(21)16(22)8-4-10-19(12-16)11-14(20)18-9-7-13-5-2-1-3-6-13;/h5,22H,1-4,6-12H2,(H2,17,21)(H,18,20);1H. The zero-order valence-electron chi connectivity index (χ0n) is 13.6. The molecule has 23 heavy (non-hydrogen) atoms. The number of nitrogens with two attached hydrogens (primary N) is 1. The Morgan fingerprint density at radius 1 is 1.35 bits per heavy atom. The lowest BCUT2D eigenvalue weighted by Gasteiger charge is -2.36. The summed E-state index contributed by atoms with van der Waals surface area (Å²) in [6.07, 6.45) is 9.06. The number of primary amides is 1. The molecule has 0 aromatic heterocycles.